The number of anilines is 1. The van der Waals surface area contributed by atoms with E-state index in [4.69, 9.17) is 4.42 Å². The van der Waals surface area contributed by atoms with E-state index in [9.17, 15) is 21.6 Å². The number of hydrogen-bond acceptors (Lipinski definition) is 8. The van der Waals surface area contributed by atoms with Crippen molar-refractivity contribution in [1.29, 1.82) is 0 Å². The Labute approximate surface area is 211 Å². The molecule has 0 fully saturated rings. The minimum Gasteiger partial charge on any atom is -0.403 e. The molecule has 0 saturated carbocycles. The molecule has 3 rings (SSSR count). The molecule has 1 aromatic heterocycles. The number of nitrogens with zero attached hydrogens (tertiary/aromatic N) is 4. The van der Waals surface area contributed by atoms with Gasteiger partial charge in [0.1, 0.15) is 0 Å². The van der Waals surface area contributed by atoms with E-state index in [0.717, 1.165) is 17.1 Å². The lowest BCUT2D eigenvalue weighted by molar-refractivity contribution is 0.102. The number of carbonyl (C=O) groups is 1. The molecule has 1 heterocycles. The number of hydrogen-bond donors (Lipinski definition) is 1. The van der Waals surface area contributed by atoms with Crippen LogP contribution in [0.15, 0.2) is 62.7 Å². The first-order valence-electron chi connectivity index (χ1n) is 11.3. The Kier molecular flexibility index (Phi) is 8.61. The van der Waals surface area contributed by atoms with E-state index in [1.54, 1.807) is 6.92 Å². The summed E-state index contributed by atoms with van der Waals surface area (Å²) >= 11 is 0. The van der Waals surface area contributed by atoms with E-state index in [1.165, 1.54) is 66.9 Å². The van der Waals surface area contributed by atoms with E-state index in [2.05, 4.69) is 15.5 Å². The Hall–Kier alpha value is -3.13. The molecular weight excluding hydrogens is 506 g/mol. The summed E-state index contributed by atoms with van der Waals surface area (Å²) in [5.41, 5.74) is 0.683. The molecule has 0 atom stereocenters. The monoisotopic (exact) mass is 535 g/mol. The van der Waals surface area contributed by atoms with Gasteiger partial charge in [-0.05, 0) is 55.0 Å². The molecule has 0 aliphatic rings. The second-order valence-corrected chi connectivity index (χ2v) is 12.1. The number of nitrogens with one attached hydrogen (secondary N) is 1. The van der Waals surface area contributed by atoms with E-state index in [1.807, 2.05) is 6.92 Å². The quantitative estimate of drug-likeness (QED) is 0.395. The van der Waals surface area contributed by atoms with Gasteiger partial charge in [0.15, 0.2) is 0 Å². The van der Waals surface area contributed by atoms with Gasteiger partial charge in [-0.2, -0.15) is 4.31 Å². The molecule has 1 amide bonds. The van der Waals surface area contributed by atoms with Crippen molar-refractivity contribution in [3.63, 3.8) is 0 Å². The van der Waals surface area contributed by atoms with Crippen LogP contribution in [-0.2, 0) is 20.0 Å². The van der Waals surface area contributed by atoms with Crippen molar-refractivity contribution in [2.24, 2.45) is 0 Å². The van der Waals surface area contributed by atoms with Crippen LogP contribution in [0.3, 0.4) is 0 Å². The molecule has 0 aliphatic carbocycles. The lowest BCUT2D eigenvalue weighted by Crippen LogP contribution is -2.31. The minimum absolute atomic E-state index is 0.0901. The number of benzene rings is 2. The zero-order valence-corrected chi connectivity index (χ0v) is 22.1. The van der Waals surface area contributed by atoms with E-state index >= 15 is 0 Å². The van der Waals surface area contributed by atoms with Crippen molar-refractivity contribution >= 4 is 32.0 Å². The van der Waals surface area contributed by atoms with Crippen LogP contribution in [-0.4, -0.2) is 68.7 Å². The van der Waals surface area contributed by atoms with E-state index in [0.29, 0.717) is 18.7 Å². The second-order valence-electron chi connectivity index (χ2n) is 8.05. The molecule has 0 saturated heterocycles. The van der Waals surface area contributed by atoms with Gasteiger partial charge >= 0.3 is 6.01 Å². The maximum absolute atomic E-state index is 12.8. The van der Waals surface area contributed by atoms with Crippen LogP contribution >= 0.6 is 0 Å². The topological polar surface area (TPSA) is 143 Å². The molecule has 11 nitrogen and oxygen atoms in total. The highest BCUT2D eigenvalue weighted by molar-refractivity contribution is 7.89. The average Bonchev–Trinajstić information content (AvgIpc) is 3.33. The molecule has 13 heteroatoms. The summed E-state index contributed by atoms with van der Waals surface area (Å²) in [6.45, 7) is 4.58. The van der Waals surface area contributed by atoms with Crippen molar-refractivity contribution < 1.29 is 26.0 Å². The second kappa shape index (κ2) is 11.3. The fraction of sp³-hybridized carbons (Fsp3) is 0.348. The van der Waals surface area contributed by atoms with Crippen LogP contribution in [0.4, 0.5) is 6.01 Å². The van der Waals surface area contributed by atoms with Crippen LogP contribution in [0.5, 0.6) is 0 Å². The van der Waals surface area contributed by atoms with Crippen molar-refractivity contribution in [3.05, 3.63) is 54.1 Å². The van der Waals surface area contributed by atoms with Gasteiger partial charge in [-0.3, -0.25) is 10.1 Å². The highest BCUT2D eigenvalue weighted by Crippen LogP contribution is 2.23. The van der Waals surface area contributed by atoms with Gasteiger partial charge in [0.05, 0.1) is 9.79 Å². The van der Waals surface area contributed by atoms with Crippen LogP contribution in [0.2, 0.25) is 0 Å². The van der Waals surface area contributed by atoms with Crippen molar-refractivity contribution in [1.82, 2.24) is 18.8 Å². The smallest absolute Gasteiger partial charge is 0.322 e. The number of amides is 1. The Balaban J connectivity index is 1.70. The molecule has 0 unspecified atom stereocenters. The number of unbranched alkanes of at least 4 members (excludes halogenated alkanes) is 1. The summed E-state index contributed by atoms with van der Waals surface area (Å²) < 4.78 is 58.1. The number of sulfonamides is 2. The normalized spacial score (nSPS) is 12.3. The first-order chi connectivity index (χ1) is 17.0. The third-order valence-electron chi connectivity index (χ3n) is 5.39. The van der Waals surface area contributed by atoms with Crippen LogP contribution in [0.25, 0.3) is 11.5 Å². The summed E-state index contributed by atoms with van der Waals surface area (Å²) in [4.78, 5) is 12.8. The summed E-state index contributed by atoms with van der Waals surface area (Å²) in [6, 6.07) is 11.3. The Morgan fingerprint density at radius 1 is 0.889 bits per heavy atom. The van der Waals surface area contributed by atoms with Crippen LogP contribution in [0.1, 0.15) is 37.0 Å². The van der Waals surface area contributed by atoms with Crippen LogP contribution in [0, 0.1) is 0 Å². The van der Waals surface area contributed by atoms with Gasteiger partial charge in [-0.25, -0.2) is 21.1 Å². The highest BCUT2D eigenvalue weighted by atomic mass is 32.2. The Morgan fingerprint density at radius 3 is 2.03 bits per heavy atom. The lowest BCUT2D eigenvalue weighted by Gasteiger charge is -2.20. The largest absolute Gasteiger partial charge is 0.403 e. The van der Waals surface area contributed by atoms with Gasteiger partial charge in [-0.1, -0.05) is 25.4 Å². The molecule has 36 heavy (non-hydrogen) atoms. The maximum atomic E-state index is 12.8. The fourth-order valence-electron chi connectivity index (χ4n) is 3.25. The lowest BCUT2D eigenvalue weighted by atomic mass is 10.2. The number of rotatable bonds is 11. The van der Waals surface area contributed by atoms with Gasteiger partial charge < -0.3 is 4.42 Å². The summed E-state index contributed by atoms with van der Waals surface area (Å²) in [7, 11) is -4.34. The van der Waals surface area contributed by atoms with E-state index in [-0.39, 0.29) is 27.3 Å². The zero-order chi connectivity index (χ0) is 26.5. The number of carbonyl (C=O) groups excluding carboxylic acids is 1. The Bertz CT molecular complexity index is 1400. The van der Waals surface area contributed by atoms with Crippen molar-refractivity contribution in [2.45, 2.75) is 36.5 Å². The minimum atomic E-state index is -3.65. The summed E-state index contributed by atoms with van der Waals surface area (Å²) in [5, 5.41) is 10.2. The molecule has 0 spiro atoms. The molecule has 3 aromatic rings. The molecule has 2 aromatic carbocycles. The number of aromatic nitrogens is 2. The highest BCUT2D eigenvalue weighted by Gasteiger charge is 2.23. The van der Waals surface area contributed by atoms with Crippen LogP contribution < -0.4 is 5.32 Å². The van der Waals surface area contributed by atoms with Gasteiger partial charge in [0.25, 0.3) is 5.91 Å². The summed E-state index contributed by atoms with van der Waals surface area (Å²) in [5.74, 6) is -0.466. The Morgan fingerprint density at radius 2 is 1.47 bits per heavy atom. The predicted molar refractivity (Wildman–Crippen MR) is 134 cm³/mol. The third kappa shape index (κ3) is 5.98. The standard InChI is InChI=1S/C23H29N5O6S2/c1-5-7-16-28(6-2)36(32,33)20-12-8-17(9-13-20)21(29)24-23-26-25-22(34-23)18-10-14-19(15-11-18)35(30,31)27(3)4/h8-15H,5-7,16H2,1-4H3,(H,24,26,29). The van der Waals surface area contributed by atoms with Crippen molar-refractivity contribution in [2.75, 3.05) is 32.5 Å². The van der Waals surface area contributed by atoms with Gasteiger partial charge in [0.2, 0.25) is 25.9 Å². The molecule has 194 valence electrons. The maximum Gasteiger partial charge on any atom is 0.322 e. The fourth-order valence-corrected chi connectivity index (χ4v) is 5.64. The first kappa shape index (κ1) is 27.5. The van der Waals surface area contributed by atoms with Gasteiger partial charge in [-0.15, -0.1) is 5.10 Å². The third-order valence-corrected chi connectivity index (χ3v) is 9.21. The summed E-state index contributed by atoms with van der Waals surface area (Å²) in [6.07, 6.45) is 1.64. The molecular formula is C23H29N5O6S2. The predicted octanol–water partition coefficient (Wildman–Crippen LogP) is 3.05. The molecule has 1 N–H and O–H groups in total. The average molecular weight is 536 g/mol. The first-order valence-corrected chi connectivity index (χ1v) is 14.2. The van der Waals surface area contributed by atoms with E-state index < -0.39 is 26.0 Å². The zero-order valence-electron chi connectivity index (χ0n) is 20.5. The SMILES string of the molecule is CCCCN(CC)S(=O)(=O)c1ccc(C(=O)Nc2nnc(-c3ccc(S(=O)(=O)N(C)C)cc3)o2)cc1. The molecule has 0 bridgehead atoms. The molecule has 0 radical (unpaired) electrons. The van der Waals surface area contributed by atoms with Gasteiger partial charge in [0, 0.05) is 38.3 Å². The van der Waals surface area contributed by atoms with Crippen molar-refractivity contribution in [3.8, 4) is 11.5 Å². The molecule has 0 aliphatic heterocycles.